The first kappa shape index (κ1) is 30.1. The summed E-state index contributed by atoms with van der Waals surface area (Å²) in [4.78, 5) is 12.6. The Bertz CT molecular complexity index is 1750. The predicted octanol–water partition coefficient (Wildman–Crippen LogP) is 7.99. The number of benzene rings is 4. The molecule has 1 atom stereocenters. The molecule has 0 saturated heterocycles. The molecule has 0 spiro atoms. The molecule has 1 heterocycles. The van der Waals surface area contributed by atoms with Crippen LogP contribution in [0.1, 0.15) is 35.1 Å². The Hall–Kier alpha value is -4.35. The Balaban J connectivity index is 1.41. The minimum Gasteiger partial charge on any atom is -0.490 e. The average Bonchev–Trinajstić information content (AvgIpc) is 2.98. The number of carbonyl (C=O) groups is 1. The van der Waals surface area contributed by atoms with Crippen LogP contribution in [0.25, 0.3) is 0 Å². The van der Waals surface area contributed by atoms with E-state index in [-0.39, 0.29) is 30.2 Å². The fourth-order valence-corrected chi connectivity index (χ4v) is 5.25. The SMILES string of the molecule is CCOc1cc(C2C(C#N)=C(N)Oc3cc(OC(=O)Cc4ccc(Cl)cc4)ccc32)ccc1OCc1ccc(Cl)cc1Cl. The molecule has 218 valence electrons. The van der Waals surface area contributed by atoms with Gasteiger partial charge < -0.3 is 24.7 Å². The molecule has 0 radical (unpaired) electrons. The van der Waals surface area contributed by atoms with Gasteiger partial charge in [0.15, 0.2) is 11.5 Å². The first-order valence-corrected chi connectivity index (χ1v) is 14.4. The van der Waals surface area contributed by atoms with Gasteiger partial charge in [0.05, 0.1) is 18.9 Å². The van der Waals surface area contributed by atoms with Gasteiger partial charge in [0.2, 0.25) is 5.88 Å². The molecule has 1 aliphatic heterocycles. The lowest BCUT2D eigenvalue weighted by molar-refractivity contribution is -0.133. The topological polar surface area (TPSA) is 104 Å². The maximum Gasteiger partial charge on any atom is 0.315 e. The molecular formula is C33H25Cl3N2O5. The number of ether oxygens (including phenoxy) is 4. The van der Waals surface area contributed by atoms with Crippen molar-refractivity contribution in [1.82, 2.24) is 0 Å². The van der Waals surface area contributed by atoms with Gasteiger partial charge in [-0.2, -0.15) is 5.26 Å². The van der Waals surface area contributed by atoms with Crippen molar-refractivity contribution in [3.63, 3.8) is 0 Å². The summed E-state index contributed by atoms with van der Waals surface area (Å²) in [5, 5.41) is 11.6. The zero-order chi connectivity index (χ0) is 30.5. The Morgan fingerprint density at radius 3 is 2.42 bits per heavy atom. The van der Waals surface area contributed by atoms with E-state index in [9.17, 15) is 10.1 Å². The smallest absolute Gasteiger partial charge is 0.315 e. The van der Waals surface area contributed by atoms with Crippen molar-refractivity contribution in [2.24, 2.45) is 5.73 Å². The number of nitriles is 1. The third-order valence-electron chi connectivity index (χ3n) is 6.68. The van der Waals surface area contributed by atoms with Crippen LogP contribution in [0.3, 0.4) is 0 Å². The summed E-state index contributed by atoms with van der Waals surface area (Å²) in [7, 11) is 0. The third kappa shape index (κ3) is 7.00. The number of hydrogen-bond donors (Lipinski definition) is 1. The van der Waals surface area contributed by atoms with E-state index >= 15 is 0 Å². The molecule has 5 rings (SSSR count). The number of rotatable bonds is 9. The summed E-state index contributed by atoms with van der Waals surface area (Å²) in [6, 6.07) is 24.7. The van der Waals surface area contributed by atoms with Gasteiger partial charge in [0.1, 0.15) is 29.7 Å². The standard InChI is InChI=1S/C33H25Cl3N2O5/c1-2-40-30-14-20(6-12-28(30)41-18-21-5-9-23(35)15-27(21)36)32-25-11-10-24(16-29(25)43-33(38)26(32)17-37)42-31(39)13-19-3-7-22(34)8-4-19/h3-12,14-16,32H,2,13,18,38H2,1H3. The van der Waals surface area contributed by atoms with Gasteiger partial charge in [-0.1, -0.05) is 65.1 Å². The van der Waals surface area contributed by atoms with Crippen molar-refractivity contribution in [2.45, 2.75) is 25.9 Å². The summed E-state index contributed by atoms with van der Waals surface area (Å²) in [6.07, 6.45) is 0.0667. The van der Waals surface area contributed by atoms with Crippen molar-refractivity contribution < 1.29 is 23.7 Å². The lowest BCUT2D eigenvalue weighted by atomic mass is 9.83. The molecular weight excluding hydrogens is 611 g/mol. The molecule has 1 unspecified atom stereocenters. The summed E-state index contributed by atoms with van der Waals surface area (Å²) in [5.41, 5.74) is 9.38. The zero-order valence-corrected chi connectivity index (χ0v) is 25.2. The van der Waals surface area contributed by atoms with Crippen LogP contribution in [0.15, 0.2) is 90.3 Å². The van der Waals surface area contributed by atoms with Gasteiger partial charge in [-0.3, -0.25) is 4.79 Å². The van der Waals surface area contributed by atoms with Crippen molar-refractivity contribution in [1.29, 1.82) is 5.26 Å². The summed E-state index contributed by atoms with van der Waals surface area (Å²) in [5.74, 6) is 0.585. The monoisotopic (exact) mass is 634 g/mol. The average molecular weight is 636 g/mol. The summed E-state index contributed by atoms with van der Waals surface area (Å²) in [6.45, 7) is 2.45. The molecule has 1 aliphatic rings. The van der Waals surface area contributed by atoms with E-state index in [1.165, 1.54) is 0 Å². The normalized spacial score (nSPS) is 13.9. The molecule has 43 heavy (non-hydrogen) atoms. The van der Waals surface area contributed by atoms with E-state index in [1.807, 2.05) is 19.1 Å². The molecule has 4 aromatic carbocycles. The Morgan fingerprint density at radius 2 is 1.70 bits per heavy atom. The number of nitrogens with two attached hydrogens (primary N) is 1. The largest absolute Gasteiger partial charge is 0.490 e. The molecule has 0 aliphatic carbocycles. The first-order chi connectivity index (χ1) is 20.7. The Kier molecular flexibility index (Phi) is 9.32. The minimum absolute atomic E-state index is 0.0414. The highest BCUT2D eigenvalue weighted by Gasteiger charge is 2.32. The molecule has 0 saturated carbocycles. The lowest BCUT2D eigenvalue weighted by Crippen LogP contribution is -2.21. The lowest BCUT2D eigenvalue weighted by Gasteiger charge is -2.27. The van der Waals surface area contributed by atoms with Crippen molar-refractivity contribution >= 4 is 40.8 Å². The third-order valence-corrected chi connectivity index (χ3v) is 7.52. The number of allylic oxidation sites excluding steroid dienone is 1. The second-order valence-electron chi connectivity index (χ2n) is 9.57. The van der Waals surface area contributed by atoms with E-state index in [0.29, 0.717) is 44.5 Å². The highest BCUT2D eigenvalue weighted by Crippen LogP contribution is 2.45. The number of nitrogens with zero attached hydrogens (tertiary/aromatic N) is 1. The van der Waals surface area contributed by atoms with E-state index in [1.54, 1.807) is 66.7 Å². The second kappa shape index (κ2) is 13.3. The van der Waals surface area contributed by atoms with Crippen LogP contribution in [0.2, 0.25) is 15.1 Å². The molecule has 7 nitrogen and oxygen atoms in total. The van der Waals surface area contributed by atoms with E-state index in [0.717, 1.165) is 16.7 Å². The predicted molar refractivity (Wildman–Crippen MR) is 165 cm³/mol. The molecule has 0 aromatic heterocycles. The Morgan fingerprint density at radius 1 is 0.930 bits per heavy atom. The van der Waals surface area contributed by atoms with E-state index in [2.05, 4.69) is 6.07 Å². The highest BCUT2D eigenvalue weighted by atomic mass is 35.5. The number of esters is 1. The quantitative estimate of drug-likeness (QED) is 0.147. The molecule has 10 heteroatoms. The summed E-state index contributed by atoms with van der Waals surface area (Å²) >= 11 is 18.2. The Labute approximate surface area is 263 Å². The van der Waals surface area contributed by atoms with Crippen LogP contribution in [0, 0.1) is 11.3 Å². The van der Waals surface area contributed by atoms with Crippen LogP contribution in [0.5, 0.6) is 23.0 Å². The highest BCUT2D eigenvalue weighted by molar-refractivity contribution is 6.35. The number of fused-ring (bicyclic) bond motifs is 1. The van der Waals surface area contributed by atoms with Gasteiger partial charge in [-0.15, -0.1) is 0 Å². The molecule has 4 aromatic rings. The van der Waals surface area contributed by atoms with E-state index < -0.39 is 11.9 Å². The van der Waals surface area contributed by atoms with Crippen LogP contribution >= 0.6 is 34.8 Å². The van der Waals surface area contributed by atoms with Crippen LogP contribution in [-0.4, -0.2) is 12.6 Å². The fraction of sp³-hybridized carbons (Fsp3) is 0.152. The molecule has 0 bridgehead atoms. The van der Waals surface area contributed by atoms with Gasteiger partial charge >= 0.3 is 5.97 Å². The number of carbonyl (C=O) groups excluding carboxylic acids is 1. The summed E-state index contributed by atoms with van der Waals surface area (Å²) < 4.78 is 23.3. The maximum atomic E-state index is 12.6. The van der Waals surface area contributed by atoms with Crippen molar-refractivity contribution in [3.8, 4) is 29.1 Å². The number of halogens is 3. The van der Waals surface area contributed by atoms with E-state index in [4.69, 9.17) is 59.5 Å². The minimum atomic E-state index is -0.563. The molecule has 2 N–H and O–H groups in total. The van der Waals surface area contributed by atoms with Crippen LogP contribution in [0.4, 0.5) is 0 Å². The fourth-order valence-electron chi connectivity index (χ4n) is 4.66. The first-order valence-electron chi connectivity index (χ1n) is 13.3. The van der Waals surface area contributed by atoms with Crippen molar-refractivity contribution in [2.75, 3.05) is 6.61 Å². The van der Waals surface area contributed by atoms with Gasteiger partial charge in [-0.25, -0.2) is 0 Å². The van der Waals surface area contributed by atoms with Gasteiger partial charge in [0, 0.05) is 32.3 Å². The van der Waals surface area contributed by atoms with Gasteiger partial charge in [-0.05, 0) is 60.5 Å². The molecule has 0 fully saturated rings. The van der Waals surface area contributed by atoms with Crippen LogP contribution < -0.4 is 24.7 Å². The number of hydrogen-bond acceptors (Lipinski definition) is 7. The van der Waals surface area contributed by atoms with Crippen molar-refractivity contribution in [3.05, 3.63) is 128 Å². The molecule has 0 amide bonds. The van der Waals surface area contributed by atoms with Gasteiger partial charge in [0.25, 0.3) is 0 Å². The van der Waals surface area contributed by atoms with Crippen LogP contribution in [-0.2, 0) is 17.8 Å². The maximum absolute atomic E-state index is 12.6. The second-order valence-corrected chi connectivity index (χ2v) is 10.8. The zero-order valence-electron chi connectivity index (χ0n) is 22.9.